The molecule has 0 radical (unpaired) electrons. The molecule has 0 spiro atoms. The van der Waals surface area contributed by atoms with Gasteiger partial charge in [-0.2, -0.15) is 0 Å². The van der Waals surface area contributed by atoms with E-state index in [0.29, 0.717) is 31.1 Å². The summed E-state index contributed by atoms with van der Waals surface area (Å²) in [5.41, 5.74) is 0.405. The average molecular weight is 350 g/mol. The molecule has 0 unspecified atom stereocenters. The van der Waals surface area contributed by atoms with Crippen molar-refractivity contribution in [3.8, 4) is 0 Å². The van der Waals surface area contributed by atoms with E-state index >= 15 is 0 Å². The van der Waals surface area contributed by atoms with Crippen LogP contribution in [0.3, 0.4) is 0 Å². The molecule has 9 heteroatoms. The number of aromatic nitrogens is 2. The van der Waals surface area contributed by atoms with Gasteiger partial charge in [-0.25, -0.2) is 4.79 Å². The van der Waals surface area contributed by atoms with Crippen LogP contribution in [0.4, 0.5) is 0 Å². The number of furan rings is 1. The minimum absolute atomic E-state index is 0.0726. The molecule has 1 amide bonds. The number of nitrogens with zero attached hydrogens (tertiary/aromatic N) is 4. The first-order chi connectivity index (χ1) is 11.7. The maximum atomic E-state index is 12.3. The van der Waals surface area contributed by atoms with Gasteiger partial charge in [-0.15, -0.1) is 5.10 Å². The summed E-state index contributed by atoms with van der Waals surface area (Å²) in [7, 11) is 1.32. The lowest BCUT2D eigenvalue weighted by Crippen LogP contribution is -2.35. The molecule has 3 heterocycles. The van der Waals surface area contributed by atoms with Gasteiger partial charge < -0.3 is 14.1 Å². The summed E-state index contributed by atoms with van der Waals surface area (Å²) in [5, 5.41) is 5.51. The molecule has 0 saturated carbocycles. The minimum Gasteiger partial charge on any atom is -0.463 e. The number of rotatable bonds is 4. The highest BCUT2D eigenvalue weighted by atomic mass is 32.1. The van der Waals surface area contributed by atoms with E-state index in [1.807, 2.05) is 0 Å². The van der Waals surface area contributed by atoms with Gasteiger partial charge in [-0.05, 0) is 30.1 Å². The van der Waals surface area contributed by atoms with Gasteiger partial charge in [-0.1, -0.05) is 4.49 Å². The second-order valence-electron chi connectivity index (χ2n) is 5.47. The van der Waals surface area contributed by atoms with E-state index in [1.54, 1.807) is 22.4 Å². The predicted octanol–water partition coefficient (Wildman–Crippen LogP) is 1.27. The molecule has 3 rings (SSSR count). The summed E-state index contributed by atoms with van der Waals surface area (Å²) in [6.45, 7) is 3.50. The van der Waals surface area contributed by atoms with Crippen molar-refractivity contribution in [2.24, 2.45) is 0 Å². The fourth-order valence-electron chi connectivity index (χ4n) is 2.65. The Morgan fingerprint density at radius 3 is 2.92 bits per heavy atom. The van der Waals surface area contributed by atoms with E-state index in [0.717, 1.165) is 19.5 Å². The summed E-state index contributed by atoms with van der Waals surface area (Å²) in [5.74, 6) is 0.358. The van der Waals surface area contributed by atoms with Crippen LogP contribution in [0.25, 0.3) is 0 Å². The summed E-state index contributed by atoms with van der Waals surface area (Å²) in [4.78, 5) is 27.8. The lowest BCUT2D eigenvalue weighted by atomic mass is 10.3. The largest absolute Gasteiger partial charge is 0.463 e. The van der Waals surface area contributed by atoms with E-state index in [4.69, 9.17) is 4.42 Å². The molecule has 128 valence electrons. The fourth-order valence-corrected chi connectivity index (χ4v) is 3.08. The Hall–Kier alpha value is -2.26. The van der Waals surface area contributed by atoms with Crippen molar-refractivity contribution in [3.63, 3.8) is 0 Å². The molecule has 1 aliphatic heterocycles. The molecule has 2 aromatic heterocycles. The van der Waals surface area contributed by atoms with E-state index in [2.05, 4.69) is 19.2 Å². The SMILES string of the molecule is COC(=O)c1ccc(CN2CCCN(C(=O)c3csnn3)CC2)o1. The average Bonchev–Trinajstić information content (AvgIpc) is 3.23. The first-order valence-corrected chi connectivity index (χ1v) is 8.46. The van der Waals surface area contributed by atoms with Gasteiger partial charge in [0.25, 0.3) is 5.91 Å². The second kappa shape index (κ2) is 7.54. The van der Waals surface area contributed by atoms with Gasteiger partial charge >= 0.3 is 5.97 Å². The molecule has 8 nitrogen and oxygen atoms in total. The number of amides is 1. The fraction of sp³-hybridized carbons (Fsp3) is 0.467. The van der Waals surface area contributed by atoms with Crippen molar-refractivity contribution in [1.29, 1.82) is 0 Å². The van der Waals surface area contributed by atoms with E-state index in [9.17, 15) is 9.59 Å². The lowest BCUT2D eigenvalue weighted by molar-refractivity contribution is 0.0560. The van der Waals surface area contributed by atoms with Crippen LogP contribution in [0.2, 0.25) is 0 Å². The van der Waals surface area contributed by atoms with Crippen molar-refractivity contribution in [2.45, 2.75) is 13.0 Å². The molecule has 0 N–H and O–H groups in total. The number of esters is 1. The van der Waals surface area contributed by atoms with Gasteiger partial charge in [-0.3, -0.25) is 9.69 Å². The zero-order valence-electron chi connectivity index (χ0n) is 13.3. The lowest BCUT2D eigenvalue weighted by Gasteiger charge is -2.20. The molecular formula is C15H18N4O4S. The summed E-state index contributed by atoms with van der Waals surface area (Å²) < 4.78 is 13.9. The number of hydrogen-bond donors (Lipinski definition) is 0. The molecule has 2 aromatic rings. The standard InChI is InChI=1S/C15H18N4O4S/c1-22-15(21)13-4-3-11(23-13)9-18-5-2-6-19(8-7-18)14(20)12-10-24-17-16-12/h3-4,10H,2,5-9H2,1H3. The Bertz CT molecular complexity index is 700. The number of carbonyl (C=O) groups is 2. The zero-order valence-corrected chi connectivity index (χ0v) is 14.1. The molecule has 1 aliphatic rings. The highest BCUT2D eigenvalue weighted by Gasteiger charge is 2.22. The Morgan fingerprint density at radius 2 is 2.17 bits per heavy atom. The van der Waals surface area contributed by atoms with Crippen LogP contribution in [0.5, 0.6) is 0 Å². The number of ether oxygens (including phenoxy) is 1. The van der Waals surface area contributed by atoms with Gasteiger partial charge in [0.1, 0.15) is 5.76 Å². The van der Waals surface area contributed by atoms with Crippen LogP contribution in [-0.2, 0) is 11.3 Å². The second-order valence-corrected chi connectivity index (χ2v) is 6.08. The van der Waals surface area contributed by atoms with E-state index in [1.165, 1.54) is 18.6 Å². The molecular weight excluding hydrogens is 332 g/mol. The first-order valence-electron chi connectivity index (χ1n) is 7.63. The molecule has 0 aromatic carbocycles. The van der Waals surface area contributed by atoms with Crippen LogP contribution < -0.4 is 0 Å². The Balaban J connectivity index is 1.56. The molecule has 1 fully saturated rings. The molecule has 0 bridgehead atoms. The van der Waals surface area contributed by atoms with Crippen molar-refractivity contribution in [2.75, 3.05) is 33.3 Å². The van der Waals surface area contributed by atoms with Crippen molar-refractivity contribution in [1.82, 2.24) is 19.4 Å². The van der Waals surface area contributed by atoms with Crippen LogP contribution in [-0.4, -0.2) is 64.6 Å². The Kier molecular flexibility index (Phi) is 5.21. The summed E-state index contributed by atoms with van der Waals surface area (Å²) >= 11 is 1.18. The third kappa shape index (κ3) is 3.80. The maximum Gasteiger partial charge on any atom is 0.373 e. The van der Waals surface area contributed by atoms with Gasteiger partial charge in [0.2, 0.25) is 5.76 Å². The molecule has 0 aliphatic carbocycles. The predicted molar refractivity (Wildman–Crippen MR) is 85.8 cm³/mol. The van der Waals surface area contributed by atoms with Crippen LogP contribution >= 0.6 is 11.5 Å². The summed E-state index contributed by atoms with van der Waals surface area (Å²) in [6, 6.07) is 3.39. The quantitative estimate of drug-likeness (QED) is 0.767. The number of methoxy groups -OCH3 is 1. The van der Waals surface area contributed by atoms with Crippen molar-refractivity contribution >= 4 is 23.4 Å². The van der Waals surface area contributed by atoms with Crippen molar-refractivity contribution in [3.05, 3.63) is 34.7 Å². The molecule has 24 heavy (non-hydrogen) atoms. The van der Waals surface area contributed by atoms with Crippen LogP contribution in [0.15, 0.2) is 21.9 Å². The number of carbonyl (C=O) groups excluding carboxylic acids is 2. The van der Waals surface area contributed by atoms with E-state index < -0.39 is 5.97 Å². The summed E-state index contributed by atoms with van der Waals surface area (Å²) in [6.07, 6.45) is 0.869. The highest BCUT2D eigenvalue weighted by molar-refractivity contribution is 7.03. The first kappa shape index (κ1) is 16.6. The Labute approximate surface area is 143 Å². The third-order valence-electron chi connectivity index (χ3n) is 3.88. The monoisotopic (exact) mass is 350 g/mol. The topological polar surface area (TPSA) is 88.8 Å². The molecule has 0 atom stereocenters. The van der Waals surface area contributed by atoms with Crippen molar-refractivity contribution < 1.29 is 18.7 Å². The normalized spacial score (nSPS) is 16.0. The maximum absolute atomic E-state index is 12.3. The van der Waals surface area contributed by atoms with Crippen LogP contribution in [0.1, 0.15) is 33.2 Å². The third-order valence-corrected chi connectivity index (χ3v) is 4.39. The number of hydrogen-bond acceptors (Lipinski definition) is 8. The van der Waals surface area contributed by atoms with Gasteiger partial charge in [0.05, 0.1) is 13.7 Å². The van der Waals surface area contributed by atoms with E-state index in [-0.39, 0.29) is 11.7 Å². The molecule has 1 saturated heterocycles. The highest BCUT2D eigenvalue weighted by Crippen LogP contribution is 2.14. The Morgan fingerprint density at radius 1 is 1.29 bits per heavy atom. The minimum atomic E-state index is -0.481. The van der Waals surface area contributed by atoms with Gasteiger partial charge in [0.15, 0.2) is 5.69 Å². The zero-order chi connectivity index (χ0) is 16.9. The van der Waals surface area contributed by atoms with Crippen LogP contribution in [0, 0.1) is 0 Å². The van der Waals surface area contributed by atoms with Gasteiger partial charge in [0, 0.05) is 31.6 Å². The smallest absolute Gasteiger partial charge is 0.373 e.